The van der Waals surface area contributed by atoms with Crippen LogP contribution in [-0.4, -0.2) is 34.7 Å². The predicted octanol–water partition coefficient (Wildman–Crippen LogP) is 3.77. The van der Waals surface area contributed by atoms with Crippen molar-refractivity contribution in [1.29, 1.82) is 0 Å². The van der Waals surface area contributed by atoms with E-state index in [0.717, 1.165) is 24.3 Å². The molecule has 8 heteroatoms. The van der Waals surface area contributed by atoms with Gasteiger partial charge in [0.05, 0.1) is 11.3 Å². The van der Waals surface area contributed by atoms with Gasteiger partial charge in [-0.1, -0.05) is 43.6 Å². The van der Waals surface area contributed by atoms with Gasteiger partial charge in [-0.25, -0.2) is 9.78 Å². The molecule has 1 aliphatic carbocycles. The summed E-state index contributed by atoms with van der Waals surface area (Å²) in [5.74, 6) is 1.43. The van der Waals surface area contributed by atoms with E-state index >= 15 is 0 Å². The minimum atomic E-state index is -0.558. The number of aryl methyl sites for hydroxylation is 1. The molecule has 2 aromatic rings. The van der Waals surface area contributed by atoms with Crippen LogP contribution in [0.25, 0.3) is 0 Å². The van der Waals surface area contributed by atoms with Crippen molar-refractivity contribution in [2.45, 2.75) is 56.9 Å². The maximum absolute atomic E-state index is 12.5. The third-order valence-corrected chi connectivity index (χ3v) is 6.45. The minimum Gasteiger partial charge on any atom is -0.452 e. The van der Waals surface area contributed by atoms with Crippen molar-refractivity contribution in [2.24, 2.45) is 11.8 Å². The normalized spacial score (nSPS) is 21.6. The molecule has 29 heavy (non-hydrogen) atoms. The highest BCUT2D eigenvalue weighted by molar-refractivity contribution is 7.98. The van der Waals surface area contributed by atoms with Crippen molar-refractivity contribution >= 4 is 23.6 Å². The fourth-order valence-electron chi connectivity index (χ4n) is 3.53. The standard InChI is InChI=1S/C21H27N3O4S/c1-13-6-4-8-18(15(13)3)23-19(25)11-27-21(26)17-7-5-9-22-20(17)29-12-16-10-14(2)28-24-16/h5,7,9-10,13,15,18H,4,6,8,11-12H2,1-3H3,(H,23,25)/t13-,15+,18-/m1/s1. The van der Waals surface area contributed by atoms with Crippen LogP contribution in [0.2, 0.25) is 0 Å². The number of carbonyl (C=O) groups is 2. The van der Waals surface area contributed by atoms with E-state index in [9.17, 15) is 9.59 Å². The minimum absolute atomic E-state index is 0.139. The Morgan fingerprint density at radius 3 is 2.93 bits per heavy atom. The topological polar surface area (TPSA) is 94.3 Å². The predicted molar refractivity (Wildman–Crippen MR) is 109 cm³/mol. The summed E-state index contributed by atoms with van der Waals surface area (Å²) in [4.78, 5) is 29.0. The lowest BCUT2D eigenvalue weighted by Crippen LogP contribution is -2.45. The number of carbonyl (C=O) groups excluding carboxylic acids is 2. The molecule has 3 rings (SSSR count). The smallest absolute Gasteiger partial charge is 0.341 e. The lowest BCUT2D eigenvalue weighted by atomic mass is 9.78. The van der Waals surface area contributed by atoms with Gasteiger partial charge in [-0.2, -0.15) is 0 Å². The van der Waals surface area contributed by atoms with Crippen LogP contribution in [0.5, 0.6) is 0 Å². The number of nitrogens with one attached hydrogen (secondary N) is 1. The Bertz CT molecular complexity index is 854. The number of amides is 1. The van der Waals surface area contributed by atoms with Crippen LogP contribution in [0, 0.1) is 18.8 Å². The van der Waals surface area contributed by atoms with Gasteiger partial charge in [0.25, 0.3) is 5.91 Å². The third kappa shape index (κ3) is 5.82. The van der Waals surface area contributed by atoms with Crippen molar-refractivity contribution in [2.75, 3.05) is 6.61 Å². The number of aromatic nitrogens is 2. The Morgan fingerprint density at radius 1 is 1.34 bits per heavy atom. The Balaban J connectivity index is 1.53. The fraction of sp³-hybridized carbons (Fsp3) is 0.524. The Hall–Kier alpha value is -2.35. The number of esters is 1. The van der Waals surface area contributed by atoms with Gasteiger partial charge in [0.1, 0.15) is 10.8 Å². The molecule has 7 nitrogen and oxygen atoms in total. The summed E-state index contributed by atoms with van der Waals surface area (Å²) in [7, 11) is 0. The second kappa shape index (κ2) is 9.91. The Labute approximate surface area is 175 Å². The molecule has 0 bridgehead atoms. The SMILES string of the molecule is Cc1cc(CSc2ncccc2C(=O)OCC(=O)N[C@@H]2CCC[C@@H](C)[C@@H]2C)no1. The molecule has 1 aliphatic rings. The van der Waals surface area contributed by atoms with Crippen molar-refractivity contribution in [3.63, 3.8) is 0 Å². The van der Waals surface area contributed by atoms with E-state index in [1.807, 2.05) is 13.0 Å². The molecule has 0 radical (unpaired) electrons. The zero-order valence-electron chi connectivity index (χ0n) is 17.0. The lowest BCUT2D eigenvalue weighted by Gasteiger charge is -2.34. The summed E-state index contributed by atoms with van der Waals surface area (Å²) in [5, 5.41) is 7.49. The van der Waals surface area contributed by atoms with Crippen LogP contribution in [0.15, 0.2) is 33.9 Å². The number of hydrogen-bond donors (Lipinski definition) is 1. The summed E-state index contributed by atoms with van der Waals surface area (Å²) in [5.41, 5.74) is 1.11. The highest BCUT2D eigenvalue weighted by atomic mass is 32.2. The second-order valence-corrected chi connectivity index (χ2v) is 8.56. The molecule has 0 aromatic carbocycles. The number of hydrogen-bond acceptors (Lipinski definition) is 7. The van der Waals surface area contributed by atoms with Gasteiger partial charge < -0.3 is 14.6 Å². The van der Waals surface area contributed by atoms with Crippen LogP contribution in [-0.2, 0) is 15.3 Å². The quantitative estimate of drug-likeness (QED) is 0.541. The van der Waals surface area contributed by atoms with Gasteiger partial charge in [0, 0.05) is 24.1 Å². The molecule has 0 saturated heterocycles. The summed E-state index contributed by atoms with van der Waals surface area (Å²) >= 11 is 1.37. The zero-order valence-corrected chi connectivity index (χ0v) is 17.8. The van der Waals surface area contributed by atoms with Gasteiger partial charge in [0.15, 0.2) is 6.61 Å². The van der Waals surface area contributed by atoms with Crippen LogP contribution in [0.4, 0.5) is 0 Å². The van der Waals surface area contributed by atoms with E-state index in [4.69, 9.17) is 9.26 Å². The molecule has 156 valence electrons. The van der Waals surface area contributed by atoms with E-state index in [0.29, 0.717) is 28.2 Å². The van der Waals surface area contributed by atoms with Crippen molar-refractivity contribution in [3.05, 3.63) is 41.4 Å². The van der Waals surface area contributed by atoms with Gasteiger partial charge in [0.2, 0.25) is 0 Å². The third-order valence-electron chi connectivity index (χ3n) is 5.41. The first-order chi connectivity index (χ1) is 13.9. The van der Waals surface area contributed by atoms with Crippen LogP contribution < -0.4 is 5.32 Å². The molecule has 0 spiro atoms. The molecule has 0 aliphatic heterocycles. The van der Waals surface area contributed by atoms with Crippen LogP contribution in [0.1, 0.15) is 54.9 Å². The summed E-state index contributed by atoms with van der Waals surface area (Å²) in [6.07, 6.45) is 4.89. The van der Waals surface area contributed by atoms with Crippen molar-refractivity contribution < 1.29 is 18.8 Å². The summed E-state index contributed by atoms with van der Waals surface area (Å²) in [6, 6.07) is 5.30. The van der Waals surface area contributed by atoms with Crippen LogP contribution >= 0.6 is 11.8 Å². The number of pyridine rings is 1. The molecule has 1 fully saturated rings. The second-order valence-electron chi connectivity index (χ2n) is 7.59. The zero-order chi connectivity index (χ0) is 20.8. The van der Waals surface area contributed by atoms with E-state index < -0.39 is 5.97 Å². The number of nitrogens with zero attached hydrogens (tertiary/aromatic N) is 2. The molecule has 1 saturated carbocycles. The van der Waals surface area contributed by atoms with Crippen LogP contribution in [0.3, 0.4) is 0 Å². The van der Waals surface area contributed by atoms with E-state index in [1.54, 1.807) is 18.3 Å². The van der Waals surface area contributed by atoms with Gasteiger partial charge >= 0.3 is 5.97 Å². The fourth-order valence-corrected chi connectivity index (χ4v) is 4.40. The van der Waals surface area contributed by atoms with E-state index in [2.05, 4.69) is 29.3 Å². The number of rotatable bonds is 7. The molecule has 2 aromatic heterocycles. The monoisotopic (exact) mass is 417 g/mol. The highest BCUT2D eigenvalue weighted by Gasteiger charge is 2.28. The maximum atomic E-state index is 12.5. The van der Waals surface area contributed by atoms with E-state index in [-0.39, 0.29) is 18.6 Å². The average molecular weight is 418 g/mol. The molecule has 1 N–H and O–H groups in total. The lowest BCUT2D eigenvalue weighted by molar-refractivity contribution is -0.125. The number of ether oxygens (including phenoxy) is 1. The average Bonchev–Trinajstić information content (AvgIpc) is 3.13. The highest BCUT2D eigenvalue weighted by Crippen LogP contribution is 2.29. The van der Waals surface area contributed by atoms with Crippen molar-refractivity contribution in [3.8, 4) is 0 Å². The Morgan fingerprint density at radius 2 is 2.17 bits per heavy atom. The summed E-state index contributed by atoms with van der Waals surface area (Å²) in [6.45, 7) is 5.91. The van der Waals surface area contributed by atoms with E-state index in [1.165, 1.54) is 18.2 Å². The molecule has 1 amide bonds. The molecule has 2 heterocycles. The number of thioether (sulfide) groups is 1. The summed E-state index contributed by atoms with van der Waals surface area (Å²) < 4.78 is 10.3. The van der Waals surface area contributed by atoms with Gasteiger partial charge in [-0.05, 0) is 37.3 Å². The molecular formula is C21H27N3O4S. The first-order valence-electron chi connectivity index (χ1n) is 9.90. The van der Waals surface area contributed by atoms with Gasteiger partial charge in [-0.15, -0.1) is 0 Å². The van der Waals surface area contributed by atoms with Crippen molar-refractivity contribution in [1.82, 2.24) is 15.5 Å². The molecule has 3 atom stereocenters. The first kappa shape index (κ1) is 21.4. The Kier molecular flexibility index (Phi) is 7.30. The molecule has 0 unspecified atom stereocenters. The maximum Gasteiger partial charge on any atom is 0.341 e. The molecular weight excluding hydrogens is 390 g/mol. The van der Waals surface area contributed by atoms with Gasteiger partial charge in [-0.3, -0.25) is 4.79 Å². The largest absolute Gasteiger partial charge is 0.452 e. The first-order valence-corrected chi connectivity index (χ1v) is 10.9.